The van der Waals surface area contributed by atoms with Crippen molar-refractivity contribution < 1.29 is 24.6 Å². The van der Waals surface area contributed by atoms with Gasteiger partial charge in [-0.05, 0) is 34.1 Å². The van der Waals surface area contributed by atoms with Crippen LogP contribution < -0.4 is 0 Å². The second kappa shape index (κ2) is 7.67. The molecular formula is C17H28N3O7. The zero-order valence-electron chi connectivity index (χ0n) is 16.3. The molecule has 0 aromatic rings. The van der Waals surface area contributed by atoms with Crippen LogP contribution in [-0.2, 0) is 14.7 Å². The van der Waals surface area contributed by atoms with Crippen molar-refractivity contribution in [2.75, 3.05) is 0 Å². The van der Waals surface area contributed by atoms with Gasteiger partial charge in [-0.2, -0.15) is 0 Å². The average Bonchev–Trinajstić information content (AvgIpc) is 2.51. The van der Waals surface area contributed by atoms with Gasteiger partial charge < -0.3 is 4.74 Å². The Morgan fingerprint density at radius 3 is 2.11 bits per heavy atom. The van der Waals surface area contributed by atoms with Crippen LogP contribution in [0, 0.1) is 26.1 Å². The maximum atomic E-state index is 12.4. The van der Waals surface area contributed by atoms with Gasteiger partial charge >= 0.3 is 5.97 Å². The van der Waals surface area contributed by atoms with Crippen molar-refractivity contribution in [3.8, 4) is 0 Å². The fourth-order valence-corrected chi connectivity index (χ4v) is 4.58. The summed E-state index contributed by atoms with van der Waals surface area (Å²) in [6, 6.07) is -2.05. The third kappa shape index (κ3) is 4.92. The molecular weight excluding hydrogens is 358 g/mol. The molecule has 153 valence electrons. The molecule has 10 heteroatoms. The highest BCUT2D eigenvalue weighted by molar-refractivity contribution is 5.70. The molecule has 1 radical (unpaired) electrons. The molecule has 3 atom stereocenters. The molecule has 0 aromatic carbocycles. The molecule has 0 amide bonds. The summed E-state index contributed by atoms with van der Waals surface area (Å²) in [5.41, 5.74) is -1.36. The van der Waals surface area contributed by atoms with E-state index in [-0.39, 0.29) is 25.7 Å². The molecule has 10 nitrogen and oxygen atoms in total. The minimum absolute atomic E-state index is 0.130. The van der Waals surface area contributed by atoms with E-state index in [1.807, 2.05) is 0 Å². The van der Waals surface area contributed by atoms with E-state index in [2.05, 4.69) is 0 Å². The smallest absolute Gasteiger partial charge is 0.306 e. The van der Waals surface area contributed by atoms with Crippen LogP contribution in [0.3, 0.4) is 0 Å². The van der Waals surface area contributed by atoms with E-state index in [0.29, 0.717) is 12.8 Å². The summed E-state index contributed by atoms with van der Waals surface area (Å²) in [6.45, 7) is 7.18. The SMILES string of the molecule is CC1(C)CC(OC(=O)CC2CCC([N+](=O)[O-])CC2[N+](=O)[O-])CC(C)(C)N1[O]. The first-order chi connectivity index (χ1) is 12.3. The summed E-state index contributed by atoms with van der Waals surface area (Å²) >= 11 is 0. The molecule has 0 aromatic heterocycles. The van der Waals surface area contributed by atoms with Gasteiger partial charge in [0.2, 0.25) is 12.1 Å². The number of carbonyl (C=O) groups excluding carboxylic acids is 1. The van der Waals surface area contributed by atoms with Gasteiger partial charge in [-0.25, -0.2) is 0 Å². The van der Waals surface area contributed by atoms with Gasteiger partial charge in [-0.15, -0.1) is 10.3 Å². The molecule has 2 aliphatic rings. The molecule has 2 fully saturated rings. The summed E-state index contributed by atoms with van der Waals surface area (Å²) < 4.78 is 5.56. The lowest BCUT2D eigenvalue weighted by molar-refractivity contribution is -0.574. The first-order valence-corrected chi connectivity index (χ1v) is 9.27. The van der Waals surface area contributed by atoms with Gasteiger partial charge in [0.25, 0.3) is 0 Å². The number of rotatable bonds is 5. The number of esters is 1. The molecule has 1 saturated heterocycles. The Hall–Kier alpha value is -1.81. The summed E-state index contributed by atoms with van der Waals surface area (Å²) in [4.78, 5) is 33.6. The molecule has 1 aliphatic heterocycles. The summed E-state index contributed by atoms with van der Waals surface area (Å²) in [5.74, 6) is -1.10. The minimum atomic E-state index is -1.11. The van der Waals surface area contributed by atoms with Crippen LogP contribution in [-0.4, -0.2) is 50.1 Å². The molecule has 1 aliphatic carbocycles. The molecule has 0 bridgehead atoms. The molecule has 1 heterocycles. The Morgan fingerprint density at radius 1 is 1.07 bits per heavy atom. The van der Waals surface area contributed by atoms with E-state index < -0.39 is 51.0 Å². The van der Waals surface area contributed by atoms with E-state index in [1.165, 1.54) is 0 Å². The monoisotopic (exact) mass is 386 g/mol. The highest BCUT2D eigenvalue weighted by atomic mass is 16.6. The van der Waals surface area contributed by atoms with Crippen LogP contribution in [0.4, 0.5) is 0 Å². The van der Waals surface area contributed by atoms with E-state index >= 15 is 0 Å². The standard InChI is InChI=1S/C17H28N3O7/c1-16(2)9-13(10-17(3,4)20(16)26)27-15(21)7-11-5-6-12(18(22)23)8-14(11)19(24)25/h11-14H,5-10H2,1-4H3. The fraction of sp³-hybridized carbons (Fsp3) is 0.941. The van der Waals surface area contributed by atoms with Crippen molar-refractivity contribution in [2.45, 2.75) is 95.5 Å². The Kier molecular flexibility index (Phi) is 6.10. The number of nitrogens with zero attached hydrogens (tertiary/aromatic N) is 3. The zero-order valence-corrected chi connectivity index (χ0v) is 16.3. The lowest BCUT2D eigenvalue weighted by Gasteiger charge is -2.49. The van der Waals surface area contributed by atoms with Crippen LogP contribution in [0.2, 0.25) is 0 Å². The Balaban J connectivity index is 1.98. The van der Waals surface area contributed by atoms with Gasteiger partial charge in [0, 0.05) is 46.1 Å². The zero-order chi connectivity index (χ0) is 20.6. The van der Waals surface area contributed by atoms with Crippen LogP contribution in [0.25, 0.3) is 0 Å². The van der Waals surface area contributed by atoms with Crippen LogP contribution >= 0.6 is 0 Å². The third-order valence-electron chi connectivity index (χ3n) is 5.78. The van der Waals surface area contributed by atoms with Crippen molar-refractivity contribution >= 4 is 5.97 Å². The predicted molar refractivity (Wildman–Crippen MR) is 93.3 cm³/mol. The molecule has 27 heavy (non-hydrogen) atoms. The average molecular weight is 386 g/mol. The second-order valence-electron chi connectivity index (χ2n) is 9.01. The number of hydrogen-bond acceptors (Lipinski definition) is 7. The van der Waals surface area contributed by atoms with E-state index in [0.717, 1.165) is 5.06 Å². The predicted octanol–water partition coefficient (Wildman–Crippen LogP) is 2.38. The van der Waals surface area contributed by atoms with Crippen LogP contribution in [0.5, 0.6) is 0 Å². The summed E-state index contributed by atoms with van der Waals surface area (Å²) in [7, 11) is 0. The topological polar surface area (TPSA) is 136 Å². The molecule has 1 saturated carbocycles. The van der Waals surface area contributed by atoms with Gasteiger partial charge in [0.1, 0.15) is 6.10 Å². The van der Waals surface area contributed by atoms with Crippen LogP contribution in [0.1, 0.15) is 66.2 Å². The van der Waals surface area contributed by atoms with Crippen LogP contribution in [0.15, 0.2) is 0 Å². The Morgan fingerprint density at radius 2 is 1.63 bits per heavy atom. The Labute approximate surface area is 158 Å². The highest BCUT2D eigenvalue weighted by Gasteiger charge is 2.48. The largest absolute Gasteiger partial charge is 0.462 e. The quantitative estimate of drug-likeness (QED) is 0.402. The van der Waals surface area contributed by atoms with Gasteiger partial charge in [-0.3, -0.25) is 25.0 Å². The van der Waals surface area contributed by atoms with E-state index in [9.17, 15) is 30.2 Å². The van der Waals surface area contributed by atoms with Gasteiger partial charge in [0.05, 0.1) is 12.8 Å². The number of carbonyl (C=O) groups is 1. The van der Waals surface area contributed by atoms with Crippen molar-refractivity contribution in [3.05, 3.63) is 20.2 Å². The maximum absolute atomic E-state index is 12.4. The first kappa shape index (κ1) is 21.5. The lowest BCUT2D eigenvalue weighted by atomic mass is 9.79. The molecule has 2 rings (SSSR count). The van der Waals surface area contributed by atoms with Crippen molar-refractivity contribution in [2.24, 2.45) is 5.92 Å². The van der Waals surface area contributed by atoms with E-state index in [4.69, 9.17) is 4.74 Å². The van der Waals surface area contributed by atoms with Gasteiger partial charge in [-0.1, -0.05) is 0 Å². The van der Waals surface area contributed by atoms with Gasteiger partial charge in [0.15, 0.2) is 0 Å². The number of ether oxygens (including phenoxy) is 1. The summed E-state index contributed by atoms with van der Waals surface area (Å²) in [6.07, 6.45) is 0.529. The fourth-order valence-electron chi connectivity index (χ4n) is 4.58. The first-order valence-electron chi connectivity index (χ1n) is 9.27. The molecule has 0 spiro atoms. The molecule has 0 N–H and O–H groups in total. The van der Waals surface area contributed by atoms with Crippen molar-refractivity contribution in [3.63, 3.8) is 0 Å². The maximum Gasteiger partial charge on any atom is 0.306 e. The third-order valence-corrected chi connectivity index (χ3v) is 5.78. The molecule has 3 unspecified atom stereocenters. The van der Waals surface area contributed by atoms with E-state index in [1.54, 1.807) is 27.7 Å². The number of nitro groups is 2. The minimum Gasteiger partial charge on any atom is -0.462 e. The number of piperidine rings is 1. The normalized spacial score (nSPS) is 31.2. The number of hydroxylamine groups is 2. The van der Waals surface area contributed by atoms with Crippen molar-refractivity contribution in [1.82, 2.24) is 5.06 Å². The second-order valence-corrected chi connectivity index (χ2v) is 9.01. The lowest BCUT2D eigenvalue weighted by Crippen LogP contribution is -2.60. The van der Waals surface area contributed by atoms with Crippen molar-refractivity contribution in [1.29, 1.82) is 0 Å². The number of hydrogen-bond donors (Lipinski definition) is 0. The highest BCUT2D eigenvalue weighted by Crippen LogP contribution is 2.39. The Bertz CT molecular complexity index is 589. The summed E-state index contributed by atoms with van der Waals surface area (Å²) in [5, 5.41) is 35.6.